The number of fused-ring (bicyclic) bond motifs is 2. The van der Waals surface area contributed by atoms with Crippen molar-refractivity contribution in [2.24, 2.45) is 5.92 Å². The molecular weight excluding hydrogens is 142 g/mol. The number of hydrogen-bond donors (Lipinski definition) is 2. The minimum atomic E-state index is -0.666. The maximum atomic E-state index is 10.8. The number of carboxylic acids is 1. The van der Waals surface area contributed by atoms with Crippen molar-refractivity contribution in [1.82, 2.24) is 5.32 Å². The van der Waals surface area contributed by atoms with Gasteiger partial charge < -0.3 is 5.11 Å². The number of aliphatic carboxylic acids is 1. The summed E-state index contributed by atoms with van der Waals surface area (Å²) in [6.07, 6.45) is 2.79. The Labute approximate surface area is 65.8 Å². The lowest BCUT2D eigenvalue weighted by Gasteiger charge is -2.53. The normalized spacial score (nSPS) is 48.1. The predicted octanol–water partition coefficient (Wildman–Crippen LogP) is 0.602. The van der Waals surface area contributed by atoms with E-state index in [0.29, 0.717) is 12.0 Å². The van der Waals surface area contributed by atoms with Gasteiger partial charge in [0, 0.05) is 6.04 Å². The Hall–Kier alpha value is -0.570. The fraction of sp³-hybridized carbons (Fsp3) is 0.875. The van der Waals surface area contributed by atoms with Crippen LogP contribution in [0, 0.1) is 5.92 Å². The Balaban J connectivity index is 2.12. The van der Waals surface area contributed by atoms with Gasteiger partial charge in [-0.3, -0.25) is 10.1 Å². The molecule has 2 saturated heterocycles. The highest BCUT2D eigenvalue weighted by Crippen LogP contribution is 2.41. The molecule has 3 unspecified atom stereocenters. The third kappa shape index (κ3) is 0.872. The van der Waals surface area contributed by atoms with E-state index in [2.05, 4.69) is 12.2 Å². The van der Waals surface area contributed by atoms with Crippen molar-refractivity contribution < 1.29 is 9.90 Å². The molecule has 2 aliphatic heterocycles. The van der Waals surface area contributed by atoms with E-state index in [-0.39, 0.29) is 0 Å². The van der Waals surface area contributed by atoms with E-state index >= 15 is 0 Å². The van der Waals surface area contributed by atoms with E-state index in [1.807, 2.05) is 0 Å². The van der Waals surface area contributed by atoms with Crippen LogP contribution < -0.4 is 5.32 Å². The molecule has 11 heavy (non-hydrogen) atoms. The fourth-order valence-electron chi connectivity index (χ4n) is 2.48. The van der Waals surface area contributed by atoms with Gasteiger partial charge in [-0.1, -0.05) is 6.92 Å². The summed E-state index contributed by atoms with van der Waals surface area (Å²) < 4.78 is 0. The number of carbonyl (C=O) groups is 1. The fourth-order valence-corrected chi connectivity index (χ4v) is 2.48. The first kappa shape index (κ1) is 7.10. The second kappa shape index (κ2) is 1.97. The van der Waals surface area contributed by atoms with Gasteiger partial charge >= 0.3 is 5.97 Å². The average molecular weight is 155 g/mol. The van der Waals surface area contributed by atoms with Crippen molar-refractivity contribution in [3.05, 3.63) is 0 Å². The maximum Gasteiger partial charge on any atom is 0.323 e. The van der Waals surface area contributed by atoms with Crippen LogP contribution in [0.3, 0.4) is 0 Å². The first-order chi connectivity index (χ1) is 5.12. The quantitative estimate of drug-likeness (QED) is 0.583. The van der Waals surface area contributed by atoms with Crippen LogP contribution in [0.15, 0.2) is 0 Å². The third-order valence-corrected chi connectivity index (χ3v) is 2.87. The van der Waals surface area contributed by atoms with Crippen molar-refractivity contribution in [3.8, 4) is 0 Å². The molecule has 62 valence electrons. The molecule has 0 aromatic carbocycles. The molecule has 1 saturated carbocycles. The van der Waals surface area contributed by atoms with Gasteiger partial charge in [-0.05, 0) is 25.2 Å². The van der Waals surface area contributed by atoms with Gasteiger partial charge in [0.05, 0.1) is 0 Å². The van der Waals surface area contributed by atoms with E-state index in [0.717, 1.165) is 19.3 Å². The summed E-state index contributed by atoms with van der Waals surface area (Å²) in [7, 11) is 0. The molecule has 2 N–H and O–H groups in total. The van der Waals surface area contributed by atoms with Crippen molar-refractivity contribution >= 4 is 5.97 Å². The number of hydrogen-bond acceptors (Lipinski definition) is 2. The van der Waals surface area contributed by atoms with E-state index in [4.69, 9.17) is 5.11 Å². The monoisotopic (exact) mass is 155 g/mol. The first-order valence-electron chi connectivity index (χ1n) is 4.13. The molecule has 3 atom stereocenters. The molecule has 2 heterocycles. The summed E-state index contributed by atoms with van der Waals surface area (Å²) in [4.78, 5) is 10.8. The van der Waals surface area contributed by atoms with Gasteiger partial charge in [-0.15, -0.1) is 0 Å². The number of rotatable bonds is 1. The SMILES string of the molecule is CC1CC2CC(C(=O)O)(C1)N2. The molecule has 3 heteroatoms. The van der Waals surface area contributed by atoms with Crippen LogP contribution in [0.2, 0.25) is 0 Å². The molecule has 0 spiro atoms. The van der Waals surface area contributed by atoms with Crippen molar-refractivity contribution in [2.45, 2.75) is 37.8 Å². The Bertz CT molecular complexity index is 196. The Morgan fingerprint density at radius 2 is 2.27 bits per heavy atom. The lowest BCUT2D eigenvalue weighted by Crippen LogP contribution is -2.71. The Morgan fingerprint density at radius 3 is 2.64 bits per heavy atom. The highest BCUT2D eigenvalue weighted by atomic mass is 16.4. The summed E-state index contributed by atoms with van der Waals surface area (Å²) in [5, 5.41) is 12.0. The Morgan fingerprint density at radius 1 is 1.64 bits per heavy atom. The van der Waals surface area contributed by atoms with E-state index in [9.17, 15) is 4.79 Å². The number of carboxylic acid groups (broad SMARTS) is 1. The minimum Gasteiger partial charge on any atom is -0.480 e. The summed E-state index contributed by atoms with van der Waals surface area (Å²) in [6.45, 7) is 2.13. The van der Waals surface area contributed by atoms with Crippen molar-refractivity contribution in [2.75, 3.05) is 0 Å². The molecule has 3 aliphatic rings. The van der Waals surface area contributed by atoms with E-state index in [1.165, 1.54) is 0 Å². The molecule has 0 radical (unpaired) electrons. The van der Waals surface area contributed by atoms with Crippen LogP contribution in [0.25, 0.3) is 0 Å². The van der Waals surface area contributed by atoms with Crippen LogP contribution in [0.1, 0.15) is 26.2 Å². The topological polar surface area (TPSA) is 49.3 Å². The Kier molecular flexibility index (Phi) is 1.27. The lowest BCUT2D eigenvalue weighted by atomic mass is 9.66. The summed E-state index contributed by atoms with van der Waals surface area (Å²) in [5.74, 6) is -0.0913. The van der Waals surface area contributed by atoms with Gasteiger partial charge in [-0.25, -0.2) is 0 Å². The van der Waals surface area contributed by atoms with Crippen LogP contribution >= 0.6 is 0 Å². The summed E-state index contributed by atoms with van der Waals surface area (Å²) >= 11 is 0. The predicted molar refractivity (Wildman–Crippen MR) is 40.3 cm³/mol. The van der Waals surface area contributed by atoms with E-state index < -0.39 is 11.5 Å². The van der Waals surface area contributed by atoms with Crippen LogP contribution in [0.4, 0.5) is 0 Å². The van der Waals surface area contributed by atoms with Crippen LogP contribution in [-0.4, -0.2) is 22.7 Å². The molecule has 1 aliphatic carbocycles. The average Bonchev–Trinajstić information content (AvgIpc) is 1.83. The molecule has 3 fully saturated rings. The zero-order chi connectivity index (χ0) is 8.06. The zero-order valence-electron chi connectivity index (χ0n) is 6.63. The maximum absolute atomic E-state index is 10.8. The summed E-state index contributed by atoms with van der Waals surface area (Å²) in [5.41, 5.74) is -0.539. The number of piperidine rings is 1. The second-order valence-electron chi connectivity index (χ2n) is 3.98. The molecule has 0 amide bonds. The van der Waals surface area contributed by atoms with E-state index in [1.54, 1.807) is 0 Å². The molecule has 0 aromatic rings. The van der Waals surface area contributed by atoms with Gasteiger partial charge in [0.1, 0.15) is 5.54 Å². The minimum absolute atomic E-state index is 0.481. The first-order valence-corrected chi connectivity index (χ1v) is 4.13. The van der Waals surface area contributed by atoms with Crippen molar-refractivity contribution in [1.29, 1.82) is 0 Å². The van der Waals surface area contributed by atoms with Crippen molar-refractivity contribution in [3.63, 3.8) is 0 Å². The smallest absolute Gasteiger partial charge is 0.323 e. The van der Waals surface area contributed by atoms with Crippen LogP contribution in [0.5, 0.6) is 0 Å². The van der Waals surface area contributed by atoms with Gasteiger partial charge in [-0.2, -0.15) is 0 Å². The third-order valence-electron chi connectivity index (χ3n) is 2.87. The number of nitrogens with one attached hydrogen (secondary N) is 1. The van der Waals surface area contributed by atoms with Gasteiger partial charge in [0.25, 0.3) is 0 Å². The van der Waals surface area contributed by atoms with Gasteiger partial charge in [0.15, 0.2) is 0 Å². The highest BCUT2D eigenvalue weighted by molar-refractivity contribution is 5.80. The standard InChI is InChI=1S/C8H13NO2/c1-5-2-6-4-8(3-5,9-6)7(10)11/h5-6,9H,2-4H2,1H3,(H,10,11). The lowest BCUT2D eigenvalue weighted by molar-refractivity contribution is -0.154. The highest BCUT2D eigenvalue weighted by Gasteiger charge is 2.54. The summed E-state index contributed by atoms with van der Waals surface area (Å²) in [6, 6.07) is 0.481. The molecular formula is C8H13NO2. The molecule has 3 rings (SSSR count). The molecule has 0 aromatic heterocycles. The molecule has 2 bridgehead atoms. The van der Waals surface area contributed by atoms with Gasteiger partial charge in [0.2, 0.25) is 0 Å². The largest absolute Gasteiger partial charge is 0.480 e. The zero-order valence-corrected chi connectivity index (χ0v) is 6.63. The molecule has 3 nitrogen and oxygen atoms in total. The second-order valence-corrected chi connectivity index (χ2v) is 3.98. The van der Waals surface area contributed by atoms with Crippen LogP contribution in [-0.2, 0) is 4.79 Å².